The van der Waals surface area contributed by atoms with E-state index in [1.54, 1.807) is 30.3 Å². The van der Waals surface area contributed by atoms with Crippen LogP contribution in [0.1, 0.15) is 74.5 Å². The van der Waals surface area contributed by atoms with Crippen LogP contribution in [0.2, 0.25) is 0 Å². The van der Waals surface area contributed by atoms with Crippen LogP contribution in [0, 0.1) is 11.8 Å². The maximum atomic E-state index is 13.8. The number of methoxy groups -OCH3 is 1. The lowest BCUT2D eigenvalue weighted by Crippen LogP contribution is -2.37. The van der Waals surface area contributed by atoms with Crippen molar-refractivity contribution in [2.24, 2.45) is 11.8 Å². The smallest absolute Gasteiger partial charge is 0.308 e. The van der Waals surface area contributed by atoms with Crippen molar-refractivity contribution in [1.29, 1.82) is 0 Å². The minimum atomic E-state index is -3.80. The molecule has 4 rings (SSSR count). The molecule has 0 radical (unpaired) electrons. The number of amides is 1. The normalized spacial score (nSPS) is 21.9. The molecule has 1 heterocycles. The summed E-state index contributed by atoms with van der Waals surface area (Å²) in [6.07, 6.45) is 4.43. The van der Waals surface area contributed by atoms with E-state index in [0.29, 0.717) is 49.2 Å². The second-order valence-corrected chi connectivity index (χ2v) is 12.7. The molecule has 7 nitrogen and oxygen atoms in total. The van der Waals surface area contributed by atoms with Crippen LogP contribution in [-0.4, -0.2) is 51.7 Å². The van der Waals surface area contributed by atoms with Gasteiger partial charge in [0.1, 0.15) is 6.29 Å². The van der Waals surface area contributed by atoms with Crippen LogP contribution < -0.4 is 0 Å². The Bertz CT molecular complexity index is 1290. The van der Waals surface area contributed by atoms with Gasteiger partial charge in [0, 0.05) is 31.3 Å². The highest BCUT2D eigenvalue weighted by Crippen LogP contribution is 2.37. The number of likely N-dealkylation sites (tertiary alicyclic amines) is 1. The summed E-state index contributed by atoms with van der Waals surface area (Å²) in [5, 5.41) is 0. The molecule has 8 heteroatoms. The first kappa shape index (κ1) is 28.0. The van der Waals surface area contributed by atoms with Gasteiger partial charge in [-0.1, -0.05) is 38.1 Å². The molecule has 2 aromatic carbocycles. The molecule has 0 aromatic heterocycles. The summed E-state index contributed by atoms with van der Waals surface area (Å²) in [5.74, 6) is -0.185. The Balaban J connectivity index is 1.53. The first-order chi connectivity index (χ1) is 18.1. The minimum absolute atomic E-state index is 0.00811. The third kappa shape index (κ3) is 5.85. The number of benzene rings is 2. The minimum Gasteiger partial charge on any atom is -0.469 e. The molecule has 0 spiro atoms. The Labute approximate surface area is 225 Å². The SMILES string of the molecule is COC(=O)C1CCC(C(=O)N2CCC(c3ccc(C(C)C)c(S(=O)(=O)c4cccc(CC=O)c4)c3)C2)CC1. The van der Waals surface area contributed by atoms with E-state index >= 15 is 0 Å². The highest BCUT2D eigenvalue weighted by atomic mass is 32.2. The molecule has 1 saturated carbocycles. The Morgan fingerprint density at radius 2 is 1.74 bits per heavy atom. The quantitative estimate of drug-likeness (QED) is 0.357. The highest BCUT2D eigenvalue weighted by molar-refractivity contribution is 7.91. The van der Waals surface area contributed by atoms with Crippen LogP contribution in [-0.2, 0) is 35.4 Å². The van der Waals surface area contributed by atoms with Gasteiger partial charge in [-0.15, -0.1) is 0 Å². The number of aldehydes is 1. The van der Waals surface area contributed by atoms with Crippen LogP contribution >= 0.6 is 0 Å². The molecule has 204 valence electrons. The van der Waals surface area contributed by atoms with E-state index in [-0.39, 0.29) is 46.9 Å². The average molecular weight is 540 g/mol. The summed E-state index contributed by atoms with van der Waals surface area (Å²) >= 11 is 0. The third-order valence-corrected chi connectivity index (χ3v) is 9.87. The van der Waals surface area contributed by atoms with Crippen molar-refractivity contribution < 1.29 is 27.5 Å². The van der Waals surface area contributed by atoms with Crippen LogP contribution in [0.5, 0.6) is 0 Å². The molecule has 1 atom stereocenters. The summed E-state index contributed by atoms with van der Waals surface area (Å²) < 4.78 is 32.4. The maximum Gasteiger partial charge on any atom is 0.308 e. The second kappa shape index (κ2) is 11.8. The van der Waals surface area contributed by atoms with Crippen LogP contribution in [0.3, 0.4) is 0 Å². The van der Waals surface area contributed by atoms with Gasteiger partial charge >= 0.3 is 5.97 Å². The highest BCUT2D eigenvalue weighted by Gasteiger charge is 2.36. The van der Waals surface area contributed by atoms with Gasteiger partial charge in [-0.25, -0.2) is 8.42 Å². The Morgan fingerprint density at radius 3 is 2.39 bits per heavy atom. The van der Waals surface area contributed by atoms with E-state index in [0.717, 1.165) is 23.8 Å². The van der Waals surface area contributed by atoms with Gasteiger partial charge in [0.2, 0.25) is 15.7 Å². The molecular weight excluding hydrogens is 502 g/mol. The van der Waals surface area contributed by atoms with E-state index in [1.807, 2.05) is 30.9 Å². The number of ether oxygens (including phenoxy) is 1. The van der Waals surface area contributed by atoms with E-state index < -0.39 is 9.84 Å². The lowest BCUT2D eigenvalue weighted by Gasteiger charge is -2.29. The number of carbonyl (C=O) groups excluding carboxylic acids is 3. The van der Waals surface area contributed by atoms with Crippen molar-refractivity contribution in [3.05, 3.63) is 59.2 Å². The first-order valence-electron chi connectivity index (χ1n) is 13.4. The molecule has 2 fully saturated rings. The standard InChI is InChI=1S/C30H37NO6S/c1-20(2)27-12-11-24(18-28(27)38(35,36)26-6-4-5-21(17-26)14-16-32)25-13-15-31(19-25)29(33)22-7-9-23(10-8-22)30(34)37-3/h4-6,11-12,16-18,20,22-23,25H,7-10,13-15,19H2,1-3H3. The molecule has 1 unspecified atom stereocenters. The molecule has 1 aliphatic heterocycles. The van der Waals surface area contributed by atoms with Gasteiger partial charge < -0.3 is 14.4 Å². The first-order valence-corrected chi connectivity index (χ1v) is 14.9. The molecule has 1 aliphatic carbocycles. The Kier molecular flexibility index (Phi) is 8.71. The van der Waals surface area contributed by atoms with Crippen LogP contribution in [0.25, 0.3) is 0 Å². The summed E-state index contributed by atoms with van der Waals surface area (Å²) in [4.78, 5) is 38.4. The molecule has 38 heavy (non-hydrogen) atoms. The number of hydrogen-bond donors (Lipinski definition) is 0. The largest absolute Gasteiger partial charge is 0.469 e. The molecular formula is C30H37NO6S. The van der Waals surface area contributed by atoms with Crippen molar-refractivity contribution in [1.82, 2.24) is 4.90 Å². The van der Waals surface area contributed by atoms with E-state index in [9.17, 15) is 22.8 Å². The predicted octanol–water partition coefficient (Wildman–Crippen LogP) is 4.68. The number of rotatable bonds is 8. The fourth-order valence-electron chi connectivity index (χ4n) is 5.81. The Morgan fingerprint density at radius 1 is 1.03 bits per heavy atom. The zero-order valence-corrected chi connectivity index (χ0v) is 23.2. The fourth-order valence-corrected chi connectivity index (χ4v) is 7.53. The molecule has 2 aromatic rings. The van der Waals surface area contributed by atoms with Gasteiger partial charge in [0.15, 0.2) is 0 Å². The number of hydrogen-bond acceptors (Lipinski definition) is 6. The van der Waals surface area contributed by atoms with Crippen LogP contribution in [0.15, 0.2) is 52.3 Å². The second-order valence-electron chi connectivity index (χ2n) is 10.8. The van der Waals surface area contributed by atoms with Gasteiger partial charge in [-0.3, -0.25) is 9.59 Å². The summed E-state index contributed by atoms with van der Waals surface area (Å²) in [5.41, 5.74) is 2.33. The molecule has 0 bridgehead atoms. The number of sulfone groups is 1. The summed E-state index contributed by atoms with van der Waals surface area (Å²) in [6, 6.07) is 12.3. The van der Waals surface area contributed by atoms with Gasteiger partial charge in [0.25, 0.3) is 0 Å². The third-order valence-electron chi connectivity index (χ3n) is 8.06. The molecule has 2 aliphatic rings. The van der Waals surface area contributed by atoms with Gasteiger partial charge in [0.05, 0.1) is 22.8 Å². The maximum absolute atomic E-state index is 13.8. The van der Waals surface area contributed by atoms with E-state index in [4.69, 9.17) is 4.74 Å². The van der Waals surface area contributed by atoms with E-state index in [1.165, 1.54) is 7.11 Å². The number of esters is 1. The molecule has 1 amide bonds. The topological polar surface area (TPSA) is 97.8 Å². The number of carbonyl (C=O) groups is 3. The van der Waals surface area contributed by atoms with Crippen molar-refractivity contribution in [3.8, 4) is 0 Å². The van der Waals surface area contributed by atoms with Crippen molar-refractivity contribution >= 4 is 28.0 Å². The number of nitrogens with zero attached hydrogens (tertiary/aromatic N) is 1. The molecule has 1 saturated heterocycles. The zero-order valence-electron chi connectivity index (χ0n) is 22.4. The van der Waals surface area contributed by atoms with E-state index in [2.05, 4.69) is 0 Å². The fraction of sp³-hybridized carbons (Fsp3) is 0.500. The molecule has 0 N–H and O–H groups in total. The summed E-state index contributed by atoms with van der Waals surface area (Å²) in [7, 11) is -2.40. The van der Waals surface area contributed by atoms with Crippen LogP contribution in [0.4, 0.5) is 0 Å². The monoisotopic (exact) mass is 539 g/mol. The van der Waals surface area contributed by atoms with Crippen molar-refractivity contribution in [2.45, 2.75) is 74.0 Å². The predicted molar refractivity (Wildman–Crippen MR) is 144 cm³/mol. The lowest BCUT2D eigenvalue weighted by atomic mass is 9.81. The van der Waals surface area contributed by atoms with Crippen molar-refractivity contribution in [3.63, 3.8) is 0 Å². The zero-order chi connectivity index (χ0) is 27.4. The lowest BCUT2D eigenvalue weighted by molar-refractivity contribution is -0.148. The van der Waals surface area contributed by atoms with Crippen molar-refractivity contribution in [2.75, 3.05) is 20.2 Å². The average Bonchev–Trinajstić information content (AvgIpc) is 3.42. The van der Waals surface area contributed by atoms with Gasteiger partial charge in [-0.05, 0) is 72.9 Å². The summed E-state index contributed by atoms with van der Waals surface area (Å²) in [6.45, 7) is 5.15. The Hall–Kier alpha value is -3.00. The van der Waals surface area contributed by atoms with Gasteiger partial charge in [-0.2, -0.15) is 0 Å².